The lowest BCUT2D eigenvalue weighted by molar-refractivity contribution is -0.192. The van der Waals surface area contributed by atoms with Gasteiger partial charge in [-0.2, -0.15) is 25.9 Å². The zero-order valence-corrected chi connectivity index (χ0v) is 12.9. The van der Waals surface area contributed by atoms with Crippen LogP contribution in [0.2, 0.25) is 0 Å². The molecule has 2 aliphatic rings. The molecular weight excluding hydrogens is 327 g/mol. The molecule has 1 spiro atoms. The molecule has 0 atom stereocenters. The Balaban J connectivity index is 0.000000295. The topological polar surface area (TPSA) is 113 Å². The minimum absolute atomic E-state index is 0.141. The zero-order valence-electron chi connectivity index (χ0n) is 12.1. The van der Waals surface area contributed by atoms with E-state index in [0.29, 0.717) is 12.0 Å². The predicted octanol–water partition coefficient (Wildman–Crippen LogP) is 0.287. The molecule has 0 bridgehead atoms. The molecule has 1 aliphatic heterocycles. The molecule has 130 valence electrons. The van der Waals surface area contributed by atoms with Gasteiger partial charge in [-0.3, -0.25) is 0 Å². The molecule has 7 nitrogen and oxygen atoms in total. The van der Waals surface area contributed by atoms with Crippen molar-refractivity contribution < 1.29 is 31.5 Å². The lowest BCUT2D eigenvalue weighted by Gasteiger charge is -2.56. The first kappa shape index (κ1) is 19.1. The number of nitrogens with zero attached hydrogens (tertiary/aromatic N) is 1. The Labute approximate surface area is 126 Å². The Morgan fingerprint density at radius 2 is 1.86 bits per heavy atom. The van der Waals surface area contributed by atoms with Crippen LogP contribution in [0.4, 0.5) is 13.2 Å². The smallest absolute Gasteiger partial charge is 0.475 e. The minimum Gasteiger partial charge on any atom is -0.475 e. The molecule has 0 aromatic heterocycles. The lowest BCUT2D eigenvalue weighted by atomic mass is 9.61. The molecule has 1 saturated carbocycles. The van der Waals surface area contributed by atoms with Crippen molar-refractivity contribution in [2.24, 2.45) is 10.6 Å². The molecule has 0 radical (unpaired) electrons. The van der Waals surface area contributed by atoms with Crippen LogP contribution >= 0.6 is 0 Å². The summed E-state index contributed by atoms with van der Waals surface area (Å²) in [5.74, 6) is -2.76. The molecule has 0 aromatic rings. The van der Waals surface area contributed by atoms with Crippen LogP contribution in [0, 0.1) is 5.41 Å². The maximum Gasteiger partial charge on any atom is 0.490 e. The van der Waals surface area contributed by atoms with Crippen LogP contribution in [0.5, 0.6) is 0 Å². The maximum absolute atomic E-state index is 11.4. The molecular formula is C11H20F3N3O4S. The molecule has 0 unspecified atom stereocenters. The average Bonchev–Trinajstić information content (AvgIpc) is 2.22. The highest BCUT2D eigenvalue weighted by atomic mass is 32.2. The monoisotopic (exact) mass is 347 g/mol. The van der Waals surface area contributed by atoms with Gasteiger partial charge in [0.25, 0.3) is 10.2 Å². The van der Waals surface area contributed by atoms with Crippen molar-refractivity contribution in [3.05, 3.63) is 0 Å². The van der Waals surface area contributed by atoms with Gasteiger partial charge in [-0.1, -0.05) is 6.92 Å². The van der Waals surface area contributed by atoms with Crippen LogP contribution in [0.15, 0.2) is 0 Å². The molecule has 22 heavy (non-hydrogen) atoms. The number of alkyl halides is 3. The van der Waals surface area contributed by atoms with Gasteiger partial charge in [-0.05, 0) is 24.7 Å². The van der Waals surface area contributed by atoms with E-state index >= 15 is 0 Å². The highest BCUT2D eigenvalue weighted by molar-refractivity contribution is 7.86. The highest BCUT2D eigenvalue weighted by Gasteiger charge is 2.51. The van der Waals surface area contributed by atoms with Gasteiger partial charge in [-0.15, -0.1) is 0 Å². The van der Waals surface area contributed by atoms with Gasteiger partial charge < -0.3 is 10.4 Å². The van der Waals surface area contributed by atoms with E-state index < -0.39 is 22.4 Å². The second kappa shape index (κ2) is 6.69. The van der Waals surface area contributed by atoms with Crippen molar-refractivity contribution >= 4 is 16.2 Å². The highest BCUT2D eigenvalue weighted by Crippen LogP contribution is 2.46. The number of carbonyl (C=O) groups is 1. The van der Waals surface area contributed by atoms with Gasteiger partial charge in [0.2, 0.25) is 0 Å². The van der Waals surface area contributed by atoms with Crippen molar-refractivity contribution in [2.75, 3.05) is 19.6 Å². The number of halogens is 3. The van der Waals surface area contributed by atoms with Crippen LogP contribution in [-0.2, 0) is 15.0 Å². The van der Waals surface area contributed by atoms with E-state index in [9.17, 15) is 21.6 Å². The van der Waals surface area contributed by atoms with E-state index in [4.69, 9.17) is 15.0 Å². The number of nitrogens with two attached hydrogens (primary N) is 1. The molecule has 1 saturated heterocycles. The van der Waals surface area contributed by atoms with E-state index in [2.05, 4.69) is 5.32 Å². The fourth-order valence-corrected chi connectivity index (χ4v) is 3.65. The van der Waals surface area contributed by atoms with Crippen molar-refractivity contribution in [3.63, 3.8) is 0 Å². The summed E-state index contributed by atoms with van der Waals surface area (Å²) in [6.07, 6.45) is -2.33. The molecule has 1 aliphatic carbocycles. The van der Waals surface area contributed by atoms with E-state index in [1.165, 1.54) is 4.31 Å². The van der Waals surface area contributed by atoms with Gasteiger partial charge in [0.05, 0.1) is 0 Å². The molecule has 11 heteroatoms. The molecule has 1 heterocycles. The SMILES string of the molecule is CCCN(C1CC2(CNC2)C1)S(N)(=O)=O.O=C(O)C(F)(F)F. The Hall–Kier alpha value is -0.910. The van der Waals surface area contributed by atoms with Crippen molar-refractivity contribution in [1.82, 2.24) is 9.62 Å². The minimum atomic E-state index is -5.08. The Bertz CT molecular complexity index is 497. The van der Waals surface area contributed by atoms with E-state index in [1.807, 2.05) is 6.92 Å². The number of carboxylic acids is 1. The molecule has 2 fully saturated rings. The summed E-state index contributed by atoms with van der Waals surface area (Å²) in [5, 5.41) is 15.6. The Morgan fingerprint density at radius 3 is 2.09 bits per heavy atom. The first-order valence-electron chi connectivity index (χ1n) is 6.72. The van der Waals surface area contributed by atoms with Crippen molar-refractivity contribution in [3.8, 4) is 0 Å². The number of carboxylic acid groups (broad SMARTS) is 1. The van der Waals surface area contributed by atoms with Crippen LogP contribution in [0.1, 0.15) is 26.2 Å². The first-order chi connectivity index (χ1) is 9.91. The largest absolute Gasteiger partial charge is 0.490 e. The zero-order chi connectivity index (χ0) is 17.2. The third-order valence-corrected chi connectivity index (χ3v) is 4.89. The van der Waals surface area contributed by atoms with Gasteiger partial charge >= 0.3 is 12.1 Å². The molecule has 0 amide bonds. The maximum atomic E-state index is 11.4. The average molecular weight is 347 g/mol. The molecule has 2 rings (SSSR count). The van der Waals surface area contributed by atoms with Gasteiger partial charge in [0.1, 0.15) is 0 Å². The Morgan fingerprint density at radius 1 is 1.41 bits per heavy atom. The lowest BCUT2D eigenvalue weighted by Crippen LogP contribution is -2.66. The summed E-state index contributed by atoms with van der Waals surface area (Å²) >= 11 is 0. The predicted molar refractivity (Wildman–Crippen MR) is 72.1 cm³/mol. The van der Waals surface area contributed by atoms with Crippen LogP contribution in [0.25, 0.3) is 0 Å². The number of nitrogens with one attached hydrogen (secondary N) is 1. The summed E-state index contributed by atoms with van der Waals surface area (Å²) in [6, 6.07) is 0.141. The standard InChI is InChI=1S/C9H19N3O2S.C2HF3O2/c1-2-3-12(15(10,13)14)8-4-9(5-8)6-11-7-9;3-2(4,5)1(6)7/h8,11H,2-7H2,1H3,(H2,10,13,14);(H,6,7). The van der Waals surface area contributed by atoms with Crippen molar-refractivity contribution in [1.29, 1.82) is 0 Å². The number of aliphatic carboxylic acids is 1. The summed E-state index contributed by atoms with van der Waals surface area (Å²) in [5.41, 5.74) is 0.390. The Kier molecular flexibility index (Phi) is 5.82. The third kappa shape index (κ3) is 4.80. The van der Waals surface area contributed by atoms with Crippen LogP contribution in [-0.4, -0.2) is 55.7 Å². The molecule has 0 aromatic carbocycles. The van der Waals surface area contributed by atoms with E-state index in [1.54, 1.807) is 0 Å². The summed E-state index contributed by atoms with van der Waals surface area (Å²) in [4.78, 5) is 8.90. The second-order valence-corrected chi connectivity index (χ2v) is 7.12. The first-order valence-corrected chi connectivity index (χ1v) is 8.22. The second-order valence-electron chi connectivity index (χ2n) is 5.62. The summed E-state index contributed by atoms with van der Waals surface area (Å²) in [7, 11) is -3.51. The van der Waals surface area contributed by atoms with Gasteiger partial charge in [0, 0.05) is 25.7 Å². The fourth-order valence-electron chi connectivity index (χ4n) is 2.65. The van der Waals surface area contributed by atoms with Gasteiger partial charge in [0.15, 0.2) is 0 Å². The van der Waals surface area contributed by atoms with E-state index in [0.717, 1.165) is 32.4 Å². The van der Waals surface area contributed by atoms with Gasteiger partial charge in [-0.25, -0.2) is 9.93 Å². The van der Waals surface area contributed by atoms with E-state index in [-0.39, 0.29) is 6.04 Å². The normalized spacial score (nSPS) is 20.8. The van der Waals surface area contributed by atoms with Crippen LogP contribution in [0.3, 0.4) is 0 Å². The summed E-state index contributed by atoms with van der Waals surface area (Å²) < 4.78 is 55.9. The number of rotatable bonds is 4. The molecule has 4 N–H and O–H groups in total. The summed E-state index contributed by atoms with van der Waals surface area (Å²) in [6.45, 7) is 4.59. The quantitative estimate of drug-likeness (QED) is 0.676. The number of hydrogen-bond donors (Lipinski definition) is 3. The van der Waals surface area contributed by atoms with Crippen LogP contribution < -0.4 is 10.5 Å². The number of hydrogen-bond acceptors (Lipinski definition) is 4. The fraction of sp³-hybridized carbons (Fsp3) is 0.909. The van der Waals surface area contributed by atoms with Crippen molar-refractivity contribution in [2.45, 2.75) is 38.4 Å². The third-order valence-electron chi connectivity index (χ3n) is 3.76.